The van der Waals surface area contributed by atoms with Crippen molar-refractivity contribution in [2.24, 2.45) is 0 Å². The third-order valence-corrected chi connectivity index (χ3v) is 1.92. The lowest BCUT2D eigenvalue weighted by Crippen LogP contribution is -1.85. The quantitative estimate of drug-likeness (QED) is 0.806. The number of aromatic nitrogens is 3. The summed E-state index contributed by atoms with van der Waals surface area (Å²) in [5.41, 5.74) is 1.40. The summed E-state index contributed by atoms with van der Waals surface area (Å²) in [6.45, 7) is 1.85. The molecule has 17 heavy (non-hydrogen) atoms. The lowest BCUT2D eigenvalue weighted by Gasteiger charge is -1.94. The largest absolute Gasteiger partial charge is 0.478 e. The number of carboxylic acid groups (broad SMARTS) is 1. The van der Waals surface area contributed by atoms with E-state index in [1.165, 1.54) is 6.08 Å². The van der Waals surface area contributed by atoms with Crippen molar-refractivity contribution in [3.63, 3.8) is 0 Å². The Labute approximate surface area is 96.6 Å². The van der Waals surface area contributed by atoms with E-state index in [2.05, 4.69) is 15.2 Å². The van der Waals surface area contributed by atoms with Gasteiger partial charge in [-0.3, -0.25) is 0 Å². The topological polar surface area (TPSA) is 89.1 Å². The van der Waals surface area contributed by atoms with Gasteiger partial charge < -0.3 is 9.52 Å². The van der Waals surface area contributed by atoms with Crippen LogP contribution in [0.3, 0.4) is 0 Å². The SMILES string of the molecule is Cc1cccc(-c2nnc(/C=C/C(=O)O)o2)n1. The van der Waals surface area contributed by atoms with Crippen molar-refractivity contribution >= 4 is 12.0 Å². The second-order valence-corrected chi connectivity index (χ2v) is 3.28. The van der Waals surface area contributed by atoms with Crippen LogP contribution in [0.2, 0.25) is 0 Å². The lowest BCUT2D eigenvalue weighted by molar-refractivity contribution is -0.131. The van der Waals surface area contributed by atoms with Gasteiger partial charge in [0, 0.05) is 17.8 Å². The molecule has 0 aliphatic rings. The standard InChI is InChI=1S/C11H9N3O3/c1-7-3-2-4-8(12-7)11-14-13-9(17-11)5-6-10(15)16/h2-6H,1H3,(H,15,16)/b6-5+. The van der Waals surface area contributed by atoms with Gasteiger partial charge in [-0.1, -0.05) is 6.07 Å². The number of carbonyl (C=O) groups is 1. The predicted molar refractivity (Wildman–Crippen MR) is 58.9 cm³/mol. The molecule has 1 N–H and O–H groups in total. The summed E-state index contributed by atoms with van der Waals surface area (Å²) >= 11 is 0. The van der Waals surface area contributed by atoms with E-state index in [1.807, 2.05) is 19.1 Å². The van der Waals surface area contributed by atoms with Crippen molar-refractivity contribution in [1.82, 2.24) is 15.2 Å². The molecule has 86 valence electrons. The first-order chi connectivity index (χ1) is 8.15. The van der Waals surface area contributed by atoms with Crippen molar-refractivity contribution in [3.05, 3.63) is 35.9 Å². The molecule has 0 unspecified atom stereocenters. The van der Waals surface area contributed by atoms with E-state index in [9.17, 15) is 4.79 Å². The minimum absolute atomic E-state index is 0.130. The van der Waals surface area contributed by atoms with Crippen molar-refractivity contribution in [1.29, 1.82) is 0 Å². The normalized spacial score (nSPS) is 10.9. The average Bonchev–Trinajstić information content (AvgIpc) is 2.75. The highest BCUT2D eigenvalue weighted by molar-refractivity contribution is 5.84. The second kappa shape index (κ2) is 4.56. The van der Waals surface area contributed by atoms with E-state index in [0.717, 1.165) is 11.8 Å². The number of hydrogen-bond donors (Lipinski definition) is 1. The fraction of sp³-hybridized carbons (Fsp3) is 0.0909. The third kappa shape index (κ3) is 2.75. The molecule has 0 saturated heterocycles. The van der Waals surface area contributed by atoms with Crippen LogP contribution >= 0.6 is 0 Å². The van der Waals surface area contributed by atoms with Crippen LogP contribution in [0.15, 0.2) is 28.7 Å². The van der Waals surface area contributed by atoms with Crippen LogP contribution in [-0.2, 0) is 4.79 Å². The molecule has 0 aliphatic heterocycles. The van der Waals surface area contributed by atoms with Gasteiger partial charge in [-0.05, 0) is 19.1 Å². The van der Waals surface area contributed by atoms with Gasteiger partial charge in [-0.15, -0.1) is 10.2 Å². The van der Waals surface area contributed by atoms with Gasteiger partial charge in [0.05, 0.1) is 0 Å². The van der Waals surface area contributed by atoms with Crippen LogP contribution in [0.1, 0.15) is 11.6 Å². The zero-order valence-electron chi connectivity index (χ0n) is 8.99. The molecule has 0 fully saturated rings. The predicted octanol–water partition coefficient (Wildman–Crippen LogP) is 1.54. The molecule has 2 aromatic heterocycles. The van der Waals surface area contributed by atoms with Crippen molar-refractivity contribution in [2.75, 3.05) is 0 Å². The molecule has 2 aromatic rings. The maximum atomic E-state index is 10.3. The summed E-state index contributed by atoms with van der Waals surface area (Å²) in [4.78, 5) is 14.5. The molecule has 0 bridgehead atoms. The maximum absolute atomic E-state index is 10.3. The van der Waals surface area contributed by atoms with Crippen LogP contribution in [0, 0.1) is 6.92 Å². The van der Waals surface area contributed by atoms with Crippen LogP contribution in [0.25, 0.3) is 17.7 Å². The van der Waals surface area contributed by atoms with Crippen molar-refractivity contribution in [2.45, 2.75) is 6.92 Å². The third-order valence-electron chi connectivity index (χ3n) is 1.92. The van der Waals surface area contributed by atoms with Gasteiger partial charge in [0.15, 0.2) is 0 Å². The Kier molecular flexibility index (Phi) is 2.95. The number of carboxylic acids is 1. The van der Waals surface area contributed by atoms with E-state index in [-0.39, 0.29) is 11.8 Å². The molecule has 0 atom stereocenters. The summed E-state index contributed by atoms with van der Waals surface area (Å²) < 4.78 is 5.24. The highest BCUT2D eigenvalue weighted by Crippen LogP contribution is 2.15. The Balaban J connectivity index is 2.27. The van der Waals surface area contributed by atoms with E-state index < -0.39 is 5.97 Å². The van der Waals surface area contributed by atoms with E-state index in [4.69, 9.17) is 9.52 Å². The Morgan fingerprint density at radius 1 is 1.41 bits per heavy atom. The summed E-state index contributed by atoms with van der Waals surface area (Å²) in [5.74, 6) is -0.678. The zero-order chi connectivity index (χ0) is 12.3. The number of rotatable bonds is 3. The molecular formula is C11H9N3O3. The Bertz CT molecular complexity index is 575. The Morgan fingerprint density at radius 3 is 2.94 bits per heavy atom. The van der Waals surface area contributed by atoms with Crippen LogP contribution < -0.4 is 0 Å². The van der Waals surface area contributed by atoms with Crippen LogP contribution in [-0.4, -0.2) is 26.3 Å². The number of pyridine rings is 1. The lowest BCUT2D eigenvalue weighted by atomic mass is 10.3. The minimum Gasteiger partial charge on any atom is -0.478 e. The Hall–Kier alpha value is -2.50. The van der Waals surface area contributed by atoms with E-state index in [0.29, 0.717) is 5.69 Å². The summed E-state index contributed by atoms with van der Waals surface area (Å²) in [7, 11) is 0. The first kappa shape index (κ1) is 11.0. The molecule has 0 radical (unpaired) electrons. The van der Waals surface area contributed by atoms with Crippen molar-refractivity contribution in [3.8, 4) is 11.6 Å². The number of hydrogen-bond acceptors (Lipinski definition) is 5. The number of nitrogens with zero attached hydrogens (tertiary/aromatic N) is 3. The van der Waals surface area contributed by atoms with Crippen LogP contribution in [0.5, 0.6) is 0 Å². The summed E-state index contributed by atoms with van der Waals surface area (Å²) in [5, 5.41) is 15.9. The summed E-state index contributed by atoms with van der Waals surface area (Å²) in [6.07, 6.45) is 2.16. The second-order valence-electron chi connectivity index (χ2n) is 3.28. The maximum Gasteiger partial charge on any atom is 0.328 e. The van der Waals surface area contributed by atoms with Gasteiger partial charge >= 0.3 is 5.97 Å². The molecule has 2 rings (SSSR count). The highest BCUT2D eigenvalue weighted by atomic mass is 16.4. The Morgan fingerprint density at radius 2 is 2.24 bits per heavy atom. The minimum atomic E-state index is -1.07. The molecule has 6 heteroatoms. The van der Waals surface area contributed by atoms with Crippen LogP contribution in [0.4, 0.5) is 0 Å². The molecule has 0 saturated carbocycles. The van der Waals surface area contributed by atoms with Gasteiger partial charge in [0.1, 0.15) is 5.69 Å². The molecular weight excluding hydrogens is 222 g/mol. The molecule has 0 aliphatic carbocycles. The highest BCUT2D eigenvalue weighted by Gasteiger charge is 2.07. The smallest absolute Gasteiger partial charge is 0.328 e. The fourth-order valence-electron chi connectivity index (χ4n) is 1.21. The van der Waals surface area contributed by atoms with E-state index in [1.54, 1.807) is 6.07 Å². The first-order valence-corrected chi connectivity index (χ1v) is 4.84. The average molecular weight is 231 g/mol. The van der Waals surface area contributed by atoms with Gasteiger partial charge in [-0.2, -0.15) is 0 Å². The first-order valence-electron chi connectivity index (χ1n) is 4.84. The molecule has 2 heterocycles. The molecule has 6 nitrogen and oxygen atoms in total. The van der Waals surface area contributed by atoms with Gasteiger partial charge in [-0.25, -0.2) is 9.78 Å². The summed E-state index contributed by atoms with van der Waals surface area (Å²) in [6, 6.07) is 5.42. The van der Waals surface area contributed by atoms with Crippen molar-refractivity contribution < 1.29 is 14.3 Å². The molecule has 0 spiro atoms. The van der Waals surface area contributed by atoms with Gasteiger partial charge in [0.25, 0.3) is 5.89 Å². The molecule has 0 aromatic carbocycles. The monoisotopic (exact) mass is 231 g/mol. The van der Waals surface area contributed by atoms with E-state index >= 15 is 0 Å². The molecule has 0 amide bonds. The number of aliphatic carboxylic acids is 1. The number of aryl methyl sites for hydroxylation is 1. The van der Waals surface area contributed by atoms with Gasteiger partial charge in [0.2, 0.25) is 5.89 Å². The zero-order valence-corrected chi connectivity index (χ0v) is 8.99. The fourth-order valence-corrected chi connectivity index (χ4v) is 1.21.